The Hall–Kier alpha value is -2.16. The van der Waals surface area contributed by atoms with E-state index in [2.05, 4.69) is 4.98 Å². The number of carbonyl (C=O) groups is 1. The van der Waals surface area contributed by atoms with Gasteiger partial charge in [0.15, 0.2) is 5.78 Å². The zero-order chi connectivity index (χ0) is 13.2. The molecule has 0 bridgehead atoms. The number of nitrogens with zero attached hydrogens (tertiary/aromatic N) is 1. The summed E-state index contributed by atoms with van der Waals surface area (Å²) in [5.74, 6) is 1.04. The third-order valence-electron chi connectivity index (χ3n) is 3.33. The van der Waals surface area contributed by atoms with E-state index in [1.807, 2.05) is 43.3 Å². The number of rotatable bonds is 3. The Morgan fingerprint density at radius 2 is 2.11 bits per heavy atom. The SMILES string of the molecule is Cc1cccc(COc2ccc3c(c2)CCC3=O)n1. The van der Waals surface area contributed by atoms with Crippen LogP contribution in [0.3, 0.4) is 0 Å². The number of ether oxygens (including phenoxy) is 1. The van der Waals surface area contributed by atoms with Crippen molar-refractivity contribution in [2.75, 3.05) is 0 Å². The second-order valence-electron chi connectivity index (χ2n) is 4.80. The molecule has 0 radical (unpaired) electrons. The highest BCUT2D eigenvalue weighted by molar-refractivity contribution is 6.00. The number of pyridine rings is 1. The quantitative estimate of drug-likeness (QED) is 0.843. The van der Waals surface area contributed by atoms with Gasteiger partial charge < -0.3 is 4.74 Å². The summed E-state index contributed by atoms with van der Waals surface area (Å²) in [6, 6.07) is 11.6. The van der Waals surface area contributed by atoms with E-state index < -0.39 is 0 Å². The molecular weight excluding hydrogens is 238 g/mol. The van der Waals surface area contributed by atoms with Crippen LogP contribution in [0.5, 0.6) is 5.75 Å². The number of Topliss-reactive ketones (excluding diaryl/α,β-unsaturated/α-hetero) is 1. The average molecular weight is 253 g/mol. The summed E-state index contributed by atoms with van der Waals surface area (Å²) in [5.41, 5.74) is 3.85. The Morgan fingerprint density at radius 3 is 2.95 bits per heavy atom. The Bertz CT molecular complexity index is 634. The first-order chi connectivity index (χ1) is 9.22. The maximum absolute atomic E-state index is 11.5. The van der Waals surface area contributed by atoms with Gasteiger partial charge in [0.25, 0.3) is 0 Å². The second kappa shape index (κ2) is 4.84. The molecule has 3 heteroatoms. The third-order valence-corrected chi connectivity index (χ3v) is 3.33. The topological polar surface area (TPSA) is 39.2 Å². The summed E-state index contributed by atoms with van der Waals surface area (Å²) in [7, 11) is 0. The lowest BCUT2D eigenvalue weighted by Gasteiger charge is -2.07. The van der Waals surface area contributed by atoms with Gasteiger partial charge in [-0.05, 0) is 49.2 Å². The summed E-state index contributed by atoms with van der Waals surface area (Å²) < 4.78 is 5.73. The van der Waals surface area contributed by atoms with Crippen molar-refractivity contribution in [2.45, 2.75) is 26.4 Å². The van der Waals surface area contributed by atoms with E-state index in [0.29, 0.717) is 13.0 Å². The highest BCUT2D eigenvalue weighted by Crippen LogP contribution is 2.26. The fraction of sp³-hybridized carbons (Fsp3) is 0.250. The van der Waals surface area contributed by atoms with Crippen molar-refractivity contribution < 1.29 is 9.53 Å². The molecule has 0 saturated heterocycles. The predicted octanol–water partition coefficient (Wildman–Crippen LogP) is 3.10. The molecule has 0 fully saturated rings. The minimum Gasteiger partial charge on any atom is -0.487 e. The van der Waals surface area contributed by atoms with E-state index in [9.17, 15) is 4.79 Å². The molecule has 2 aromatic rings. The number of hydrogen-bond donors (Lipinski definition) is 0. The van der Waals surface area contributed by atoms with Crippen LogP contribution in [0.2, 0.25) is 0 Å². The van der Waals surface area contributed by atoms with Crippen molar-refractivity contribution in [3.63, 3.8) is 0 Å². The molecule has 1 heterocycles. The maximum Gasteiger partial charge on any atom is 0.163 e. The molecule has 1 aliphatic carbocycles. The van der Waals surface area contributed by atoms with E-state index >= 15 is 0 Å². The van der Waals surface area contributed by atoms with Crippen molar-refractivity contribution in [1.82, 2.24) is 4.98 Å². The smallest absolute Gasteiger partial charge is 0.163 e. The third kappa shape index (κ3) is 2.50. The molecule has 1 aromatic carbocycles. The minimum atomic E-state index is 0.238. The maximum atomic E-state index is 11.5. The first-order valence-electron chi connectivity index (χ1n) is 6.44. The van der Waals surface area contributed by atoms with Crippen molar-refractivity contribution in [1.29, 1.82) is 0 Å². The molecule has 0 N–H and O–H groups in total. The summed E-state index contributed by atoms with van der Waals surface area (Å²) >= 11 is 0. The monoisotopic (exact) mass is 253 g/mol. The minimum absolute atomic E-state index is 0.238. The van der Waals surface area contributed by atoms with Gasteiger partial charge in [-0.3, -0.25) is 9.78 Å². The van der Waals surface area contributed by atoms with Gasteiger partial charge in [-0.25, -0.2) is 0 Å². The van der Waals surface area contributed by atoms with Crippen LogP contribution in [0.15, 0.2) is 36.4 Å². The van der Waals surface area contributed by atoms with E-state index in [1.54, 1.807) is 0 Å². The molecule has 3 nitrogen and oxygen atoms in total. The van der Waals surface area contributed by atoms with Crippen LogP contribution in [0.1, 0.15) is 33.7 Å². The van der Waals surface area contributed by atoms with Crippen molar-refractivity contribution in [3.05, 3.63) is 58.9 Å². The van der Waals surface area contributed by atoms with E-state index in [4.69, 9.17) is 4.74 Å². The van der Waals surface area contributed by atoms with Crippen molar-refractivity contribution >= 4 is 5.78 Å². The van der Waals surface area contributed by atoms with Crippen LogP contribution in [0.4, 0.5) is 0 Å². The van der Waals surface area contributed by atoms with Gasteiger partial charge in [0.05, 0.1) is 5.69 Å². The Morgan fingerprint density at radius 1 is 1.21 bits per heavy atom. The van der Waals surface area contributed by atoms with Crippen LogP contribution < -0.4 is 4.74 Å². The molecule has 1 aliphatic rings. The molecule has 0 amide bonds. The summed E-state index contributed by atoms with van der Waals surface area (Å²) in [6.45, 7) is 2.42. The standard InChI is InChI=1S/C16H15NO2/c1-11-3-2-4-13(17-11)10-19-14-6-7-15-12(9-14)5-8-16(15)18/h2-4,6-7,9H,5,8,10H2,1H3. The molecule has 96 valence electrons. The van der Waals surface area contributed by atoms with E-state index in [1.165, 1.54) is 0 Å². The number of fused-ring (bicyclic) bond motifs is 1. The largest absolute Gasteiger partial charge is 0.487 e. The normalized spacial score (nSPS) is 13.4. The lowest BCUT2D eigenvalue weighted by molar-refractivity contribution is 0.0994. The van der Waals surface area contributed by atoms with E-state index in [0.717, 1.165) is 34.7 Å². The summed E-state index contributed by atoms with van der Waals surface area (Å²) in [6.07, 6.45) is 1.45. The number of hydrogen-bond acceptors (Lipinski definition) is 3. The number of ketones is 1. The van der Waals surface area contributed by atoms with Crippen LogP contribution in [-0.2, 0) is 13.0 Å². The molecule has 0 atom stereocenters. The number of aromatic nitrogens is 1. The number of benzene rings is 1. The van der Waals surface area contributed by atoms with Gasteiger partial charge in [0.1, 0.15) is 12.4 Å². The molecule has 0 aliphatic heterocycles. The summed E-state index contributed by atoms with van der Waals surface area (Å²) in [4.78, 5) is 15.9. The van der Waals surface area contributed by atoms with Gasteiger partial charge in [0, 0.05) is 17.7 Å². The lowest BCUT2D eigenvalue weighted by Crippen LogP contribution is -1.99. The second-order valence-corrected chi connectivity index (χ2v) is 4.80. The van der Waals surface area contributed by atoms with Gasteiger partial charge in [0.2, 0.25) is 0 Å². The van der Waals surface area contributed by atoms with Crippen molar-refractivity contribution in [2.24, 2.45) is 0 Å². The first-order valence-corrected chi connectivity index (χ1v) is 6.44. The van der Waals surface area contributed by atoms with Crippen LogP contribution in [-0.4, -0.2) is 10.8 Å². The Balaban J connectivity index is 1.73. The Labute approximate surface area is 112 Å². The first kappa shape index (κ1) is 11.9. The highest BCUT2D eigenvalue weighted by atomic mass is 16.5. The zero-order valence-corrected chi connectivity index (χ0v) is 10.8. The molecule has 0 saturated carbocycles. The van der Waals surface area contributed by atoms with Crippen LogP contribution in [0.25, 0.3) is 0 Å². The lowest BCUT2D eigenvalue weighted by atomic mass is 10.1. The predicted molar refractivity (Wildman–Crippen MR) is 72.4 cm³/mol. The molecule has 19 heavy (non-hydrogen) atoms. The molecule has 1 aromatic heterocycles. The van der Waals surface area contributed by atoms with Crippen LogP contribution in [0, 0.1) is 6.92 Å². The zero-order valence-electron chi connectivity index (χ0n) is 10.8. The van der Waals surface area contributed by atoms with Crippen LogP contribution >= 0.6 is 0 Å². The van der Waals surface area contributed by atoms with Gasteiger partial charge in [-0.2, -0.15) is 0 Å². The fourth-order valence-corrected chi connectivity index (χ4v) is 2.36. The molecular formula is C16H15NO2. The van der Waals surface area contributed by atoms with Gasteiger partial charge in [-0.15, -0.1) is 0 Å². The number of carbonyl (C=O) groups excluding carboxylic acids is 1. The van der Waals surface area contributed by atoms with E-state index in [-0.39, 0.29) is 5.78 Å². The van der Waals surface area contributed by atoms with Gasteiger partial charge in [-0.1, -0.05) is 6.07 Å². The average Bonchev–Trinajstić information content (AvgIpc) is 2.78. The highest BCUT2D eigenvalue weighted by Gasteiger charge is 2.19. The molecule has 3 rings (SSSR count). The number of aryl methyl sites for hydroxylation is 2. The fourth-order valence-electron chi connectivity index (χ4n) is 2.36. The summed E-state index contributed by atoms with van der Waals surface area (Å²) in [5, 5.41) is 0. The van der Waals surface area contributed by atoms with Gasteiger partial charge >= 0.3 is 0 Å². The molecule has 0 unspecified atom stereocenters. The van der Waals surface area contributed by atoms with Crippen molar-refractivity contribution in [3.8, 4) is 5.75 Å². The molecule has 0 spiro atoms. The Kier molecular flexibility index (Phi) is 3.03.